The molecule has 16 heavy (non-hydrogen) atoms. The lowest BCUT2D eigenvalue weighted by Crippen LogP contribution is -2.32. The molecule has 0 spiro atoms. The predicted molar refractivity (Wildman–Crippen MR) is 70.4 cm³/mol. The van der Waals surface area contributed by atoms with Gasteiger partial charge in [0.2, 0.25) is 0 Å². The Kier molecular flexibility index (Phi) is 3.82. The Morgan fingerprint density at radius 3 is 3.06 bits per heavy atom. The van der Waals surface area contributed by atoms with Crippen molar-refractivity contribution in [1.29, 1.82) is 0 Å². The van der Waals surface area contributed by atoms with Crippen LogP contribution in [0.25, 0.3) is 6.08 Å². The third-order valence-electron chi connectivity index (χ3n) is 2.79. The lowest BCUT2D eigenvalue weighted by Gasteiger charge is -2.24. The summed E-state index contributed by atoms with van der Waals surface area (Å²) in [7, 11) is 0. The third kappa shape index (κ3) is 2.74. The highest BCUT2D eigenvalue weighted by molar-refractivity contribution is 9.10. The molecule has 3 nitrogen and oxygen atoms in total. The maximum atomic E-state index is 4.54. The van der Waals surface area contributed by atoms with E-state index >= 15 is 0 Å². The molecule has 0 amide bonds. The molecule has 1 aliphatic heterocycles. The van der Waals surface area contributed by atoms with Gasteiger partial charge in [0.05, 0.1) is 11.7 Å². The molecule has 4 heteroatoms. The van der Waals surface area contributed by atoms with Crippen molar-refractivity contribution >= 4 is 22.0 Å². The molecular weight excluding hydrogens is 266 g/mol. The summed E-state index contributed by atoms with van der Waals surface area (Å²) >= 11 is 3.46. The zero-order valence-electron chi connectivity index (χ0n) is 9.83. The van der Waals surface area contributed by atoms with Gasteiger partial charge in [0.1, 0.15) is 4.60 Å². The van der Waals surface area contributed by atoms with Gasteiger partial charge in [0, 0.05) is 6.54 Å². The lowest BCUT2D eigenvalue weighted by molar-refractivity contribution is 0.344. The van der Waals surface area contributed by atoms with Gasteiger partial charge in [-0.15, -0.1) is 0 Å². The van der Waals surface area contributed by atoms with Crippen LogP contribution in [-0.2, 0) is 0 Å². The van der Waals surface area contributed by atoms with Crippen molar-refractivity contribution in [3.63, 3.8) is 0 Å². The Morgan fingerprint density at radius 1 is 1.62 bits per heavy atom. The quantitative estimate of drug-likeness (QED) is 0.904. The van der Waals surface area contributed by atoms with E-state index in [0.29, 0.717) is 6.04 Å². The number of aromatic nitrogens is 2. The first kappa shape index (κ1) is 11.9. The molecule has 88 valence electrons. The highest BCUT2D eigenvalue weighted by atomic mass is 79.9. The van der Waals surface area contributed by atoms with E-state index in [9.17, 15) is 0 Å². The number of hydrogen-bond acceptors (Lipinski definition) is 2. The molecule has 1 unspecified atom stereocenters. The van der Waals surface area contributed by atoms with Crippen LogP contribution in [0.5, 0.6) is 0 Å². The van der Waals surface area contributed by atoms with Gasteiger partial charge in [0.15, 0.2) is 0 Å². The van der Waals surface area contributed by atoms with Crippen molar-refractivity contribution in [2.24, 2.45) is 0 Å². The standard InChI is InChI=1S/C12H18BrN3/c1-9(2)6-11-7-12(13)15-16(11)10-4-3-5-14-8-10/h6-7,10,14H,3-5,8H2,1-2H3. The molecule has 2 rings (SSSR count). The van der Waals surface area contributed by atoms with Gasteiger partial charge in [-0.25, -0.2) is 0 Å². The molecular formula is C12H18BrN3. The van der Waals surface area contributed by atoms with Gasteiger partial charge in [-0.05, 0) is 61.3 Å². The first-order valence-corrected chi connectivity index (χ1v) is 6.57. The largest absolute Gasteiger partial charge is 0.315 e. The van der Waals surface area contributed by atoms with Gasteiger partial charge in [0.25, 0.3) is 0 Å². The summed E-state index contributed by atoms with van der Waals surface area (Å²) in [5.41, 5.74) is 2.50. The number of hydrogen-bond donors (Lipinski definition) is 1. The van der Waals surface area contributed by atoms with E-state index in [0.717, 1.165) is 17.7 Å². The number of rotatable bonds is 2. The fourth-order valence-electron chi connectivity index (χ4n) is 2.12. The monoisotopic (exact) mass is 283 g/mol. The molecule has 0 radical (unpaired) electrons. The second-order valence-corrected chi connectivity index (χ2v) is 5.37. The van der Waals surface area contributed by atoms with E-state index < -0.39 is 0 Å². The van der Waals surface area contributed by atoms with Crippen LogP contribution in [0, 0.1) is 0 Å². The molecule has 1 N–H and O–H groups in total. The second kappa shape index (κ2) is 5.15. The maximum absolute atomic E-state index is 4.54. The third-order valence-corrected chi connectivity index (χ3v) is 3.18. The number of halogens is 1. The number of nitrogens with one attached hydrogen (secondary N) is 1. The Balaban J connectivity index is 2.27. The summed E-state index contributed by atoms with van der Waals surface area (Å²) in [6.45, 7) is 6.39. The summed E-state index contributed by atoms with van der Waals surface area (Å²) in [6.07, 6.45) is 4.63. The van der Waals surface area contributed by atoms with Gasteiger partial charge in [-0.1, -0.05) is 5.57 Å². The summed E-state index contributed by atoms with van der Waals surface area (Å²) < 4.78 is 3.06. The minimum absolute atomic E-state index is 0.491. The molecule has 1 aromatic rings. The molecule has 0 bridgehead atoms. The van der Waals surface area contributed by atoms with E-state index in [1.165, 1.54) is 24.1 Å². The van der Waals surface area contributed by atoms with Crippen LogP contribution >= 0.6 is 15.9 Å². The van der Waals surface area contributed by atoms with E-state index in [1.54, 1.807) is 0 Å². The molecule has 0 saturated carbocycles. The van der Waals surface area contributed by atoms with Crippen molar-refractivity contribution in [2.75, 3.05) is 13.1 Å². The first-order chi connectivity index (χ1) is 7.66. The summed E-state index contributed by atoms with van der Waals surface area (Å²) in [4.78, 5) is 0. The first-order valence-electron chi connectivity index (χ1n) is 5.77. The SMILES string of the molecule is CC(C)=Cc1cc(Br)nn1C1CCCNC1. The highest BCUT2D eigenvalue weighted by Gasteiger charge is 2.18. The van der Waals surface area contributed by atoms with Crippen LogP contribution in [0.3, 0.4) is 0 Å². The Hall–Kier alpha value is -0.610. The fourth-order valence-corrected chi connectivity index (χ4v) is 2.52. The lowest BCUT2D eigenvalue weighted by atomic mass is 10.1. The van der Waals surface area contributed by atoms with Gasteiger partial charge >= 0.3 is 0 Å². The van der Waals surface area contributed by atoms with Crippen LogP contribution in [-0.4, -0.2) is 22.9 Å². The zero-order valence-corrected chi connectivity index (χ0v) is 11.4. The Morgan fingerprint density at radius 2 is 2.44 bits per heavy atom. The van der Waals surface area contributed by atoms with Crippen molar-refractivity contribution in [3.8, 4) is 0 Å². The van der Waals surface area contributed by atoms with Crippen molar-refractivity contribution in [3.05, 3.63) is 21.9 Å². The van der Waals surface area contributed by atoms with E-state index in [4.69, 9.17) is 0 Å². The molecule has 1 aliphatic rings. The second-order valence-electron chi connectivity index (χ2n) is 4.56. The van der Waals surface area contributed by atoms with Crippen molar-refractivity contribution < 1.29 is 0 Å². The minimum atomic E-state index is 0.491. The molecule has 1 saturated heterocycles. The molecule has 0 aliphatic carbocycles. The van der Waals surface area contributed by atoms with Crippen LogP contribution in [0.15, 0.2) is 16.2 Å². The molecule has 1 atom stereocenters. The number of allylic oxidation sites excluding steroid dienone is 1. The molecule has 0 aromatic carbocycles. The van der Waals surface area contributed by atoms with Crippen LogP contribution < -0.4 is 5.32 Å². The van der Waals surface area contributed by atoms with E-state index in [2.05, 4.69) is 57.0 Å². The summed E-state index contributed by atoms with van der Waals surface area (Å²) in [6, 6.07) is 2.58. The molecule has 1 aromatic heterocycles. The van der Waals surface area contributed by atoms with E-state index in [-0.39, 0.29) is 0 Å². The minimum Gasteiger partial charge on any atom is -0.315 e. The molecule has 2 heterocycles. The summed E-state index contributed by atoms with van der Waals surface area (Å²) in [5, 5.41) is 7.96. The fraction of sp³-hybridized carbons (Fsp3) is 0.583. The number of nitrogens with zero attached hydrogens (tertiary/aromatic N) is 2. The molecule has 1 fully saturated rings. The van der Waals surface area contributed by atoms with Crippen LogP contribution in [0.1, 0.15) is 38.4 Å². The van der Waals surface area contributed by atoms with Crippen LogP contribution in [0.2, 0.25) is 0 Å². The predicted octanol–water partition coefficient (Wildman–Crippen LogP) is 2.99. The van der Waals surface area contributed by atoms with Gasteiger partial charge in [-0.3, -0.25) is 4.68 Å². The zero-order chi connectivity index (χ0) is 11.5. The maximum Gasteiger partial charge on any atom is 0.128 e. The van der Waals surface area contributed by atoms with Gasteiger partial charge in [-0.2, -0.15) is 5.10 Å². The topological polar surface area (TPSA) is 29.9 Å². The Bertz CT molecular complexity index is 385. The number of piperidine rings is 1. The van der Waals surface area contributed by atoms with Gasteiger partial charge < -0.3 is 5.32 Å². The highest BCUT2D eigenvalue weighted by Crippen LogP contribution is 2.22. The average molecular weight is 284 g/mol. The van der Waals surface area contributed by atoms with E-state index in [1.807, 2.05) is 0 Å². The average Bonchev–Trinajstić information content (AvgIpc) is 2.60. The normalized spacial score (nSPS) is 20.8. The van der Waals surface area contributed by atoms with Crippen molar-refractivity contribution in [2.45, 2.75) is 32.7 Å². The smallest absolute Gasteiger partial charge is 0.128 e. The van der Waals surface area contributed by atoms with Crippen molar-refractivity contribution in [1.82, 2.24) is 15.1 Å². The Labute approximate surface area is 105 Å². The summed E-state index contributed by atoms with van der Waals surface area (Å²) in [5.74, 6) is 0. The van der Waals surface area contributed by atoms with Crippen LogP contribution in [0.4, 0.5) is 0 Å².